The summed E-state index contributed by atoms with van der Waals surface area (Å²) in [6.07, 6.45) is 0.199. The smallest absolute Gasteiger partial charge is 0.389 e. The van der Waals surface area contributed by atoms with E-state index in [1.807, 2.05) is 0 Å². The number of nitrogens with one attached hydrogen (secondary N) is 3. The lowest BCUT2D eigenvalue weighted by atomic mass is 9.97. The van der Waals surface area contributed by atoms with E-state index in [2.05, 4.69) is 20.6 Å². The van der Waals surface area contributed by atoms with E-state index in [0.29, 0.717) is 47.7 Å². The minimum atomic E-state index is -4.36. The van der Waals surface area contributed by atoms with Crippen LogP contribution in [0.15, 0.2) is 30.1 Å². The van der Waals surface area contributed by atoms with Crippen LogP contribution in [0.5, 0.6) is 0 Å². The fourth-order valence-electron chi connectivity index (χ4n) is 4.07. The third-order valence-electron chi connectivity index (χ3n) is 6.46. The number of hydrogen-bond donors (Lipinski definition) is 5. The Morgan fingerprint density at radius 2 is 1.82 bits per heavy atom. The molecule has 2 saturated carbocycles. The number of aromatic nitrogens is 2. The van der Waals surface area contributed by atoms with Gasteiger partial charge in [0.1, 0.15) is 11.5 Å². The first-order valence-corrected chi connectivity index (χ1v) is 13.3. The Morgan fingerprint density at radius 3 is 2.42 bits per heavy atom. The number of nitrogens with zero attached hydrogens (tertiary/aromatic N) is 2. The van der Waals surface area contributed by atoms with E-state index in [9.17, 15) is 31.5 Å². The monoisotopic (exact) mass is 573 g/mol. The van der Waals surface area contributed by atoms with Gasteiger partial charge in [-0.3, -0.25) is 9.59 Å². The van der Waals surface area contributed by atoms with E-state index in [-0.39, 0.29) is 31.6 Å². The van der Waals surface area contributed by atoms with Crippen LogP contribution >= 0.6 is 0 Å². The third kappa shape index (κ3) is 11.4. The average molecular weight is 574 g/mol. The predicted octanol–water partition coefficient (Wildman–Crippen LogP) is 4.11. The molecule has 222 valence electrons. The minimum Gasteiger partial charge on any atom is -0.393 e. The zero-order valence-corrected chi connectivity index (χ0v) is 22.1. The van der Waals surface area contributed by atoms with Crippen LogP contribution < -0.4 is 22.2 Å². The first kappa shape index (κ1) is 31.1. The number of carbonyl (C=O) groups excluding carboxylic acids is 2. The van der Waals surface area contributed by atoms with Crippen molar-refractivity contribution >= 4 is 22.8 Å². The summed E-state index contributed by atoms with van der Waals surface area (Å²) in [5.74, 6) is 3.39. The molecule has 0 atom stereocenters. The van der Waals surface area contributed by atoms with Crippen molar-refractivity contribution in [3.8, 4) is 0 Å². The molecule has 2 aromatic rings. The molecule has 14 heteroatoms. The number of imidazole rings is 1. The Morgan fingerprint density at radius 1 is 1.12 bits per heavy atom. The van der Waals surface area contributed by atoms with Crippen molar-refractivity contribution in [2.45, 2.75) is 83.0 Å². The zero-order valence-electron chi connectivity index (χ0n) is 22.1. The largest absolute Gasteiger partial charge is 0.393 e. The number of hydrazine groups is 1. The second-order valence-corrected chi connectivity index (χ2v) is 10.3. The number of amides is 2. The highest BCUT2D eigenvalue weighted by Gasteiger charge is 2.30. The van der Waals surface area contributed by atoms with Crippen molar-refractivity contribution in [1.29, 1.82) is 0 Å². The second kappa shape index (κ2) is 13.8. The van der Waals surface area contributed by atoms with Gasteiger partial charge in [-0.15, -0.1) is 0 Å². The van der Waals surface area contributed by atoms with Crippen LogP contribution in [0.4, 0.5) is 22.0 Å². The van der Waals surface area contributed by atoms with Gasteiger partial charge in [-0.05, 0) is 49.3 Å². The Kier molecular flexibility index (Phi) is 10.7. The highest BCUT2D eigenvalue weighted by atomic mass is 19.4. The van der Waals surface area contributed by atoms with Crippen LogP contribution in [0, 0.1) is 5.92 Å². The van der Waals surface area contributed by atoms with Gasteiger partial charge < -0.3 is 26.4 Å². The molecule has 0 saturated heterocycles. The molecule has 2 aliphatic rings. The quantitative estimate of drug-likeness (QED) is 0.125. The van der Waals surface area contributed by atoms with Crippen LogP contribution in [0.25, 0.3) is 11.0 Å². The molecule has 1 heterocycles. The maximum Gasteiger partial charge on any atom is 0.389 e. The molecule has 0 radical (unpaired) electrons. The molecular formula is C26H36F5N7O2. The van der Waals surface area contributed by atoms with Gasteiger partial charge in [-0.25, -0.2) is 19.6 Å². The molecule has 2 aliphatic carbocycles. The summed E-state index contributed by atoms with van der Waals surface area (Å²) >= 11 is 0. The van der Waals surface area contributed by atoms with Crippen molar-refractivity contribution in [2.75, 3.05) is 6.54 Å². The molecule has 0 unspecified atom stereocenters. The normalized spacial score (nSPS) is 17.1. The van der Waals surface area contributed by atoms with Gasteiger partial charge in [-0.1, -0.05) is 12.5 Å². The van der Waals surface area contributed by atoms with Gasteiger partial charge in [-0.2, -0.15) is 13.2 Å². The van der Waals surface area contributed by atoms with Crippen molar-refractivity contribution in [3.63, 3.8) is 0 Å². The summed E-state index contributed by atoms with van der Waals surface area (Å²) in [7, 11) is 0. The standard InChI is InChI=1S/C20H26F3N7O2.C6H10F2/c21-20(22,23)6-5-18(31)26-8-13-3-4-15-16(7-13)29-17(28-15)9-27-19(32)14(24)11-30(25)10-12-1-2-12;7-6(8)4-2-1-3-5-6/h3-4,7,11-12H,1-2,5-6,8-10,24-25H2,(H,26,31)(H,27,32)(H,28,29);1-5H2/b14-11-;. The first-order valence-electron chi connectivity index (χ1n) is 13.3. The zero-order chi connectivity index (χ0) is 29.3. The van der Waals surface area contributed by atoms with Gasteiger partial charge in [0.05, 0.1) is 24.0 Å². The summed E-state index contributed by atoms with van der Waals surface area (Å²) in [5.41, 5.74) is 7.77. The molecule has 4 rings (SSSR count). The summed E-state index contributed by atoms with van der Waals surface area (Å²) in [6.45, 7) is 0.858. The van der Waals surface area contributed by atoms with Crippen LogP contribution in [0.2, 0.25) is 0 Å². The van der Waals surface area contributed by atoms with Crippen molar-refractivity contribution in [3.05, 3.63) is 41.5 Å². The van der Waals surface area contributed by atoms with Crippen LogP contribution in [0.1, 0.15) is 69.2 Å². The maximum absolute atomic E-state index is 12.2. The fraction of sp³-hybridized carbons (Fsp3) is 0.577. The molecule has 0 spiro atoms. The summed E-state index contributed by atoms with van der Waals surface area (Å²) < 4.78 is 61.0. The number of alkyl halides is 5. The topological polar surface area (TPSA) is 142 Å². The summed E-state index contributed by atoms with van der Waals surface area (Å²) in [4.78, 5) is 31.1. The minimum absolute atomic E-state index is 0.00666. The number of nitrogens with two attached hydrogens (primary N) is 2. The average Bonchev–Trinajstić information content (AvgIpc) is 3.59. The number of fused-ring (bicyclic) bond motifs is 1. The second-order valence-electron chi connectivity index (χ2n) is 10.3. The number of benzene rings is 1. The van der Waals surface area contributed by atoms with Crippen molar-refractivity contribution < 1.29 is 31.5 Å². The van der Waals surface area contributed by atoms with E-state index in [4.69, 9.17) is 11.6 Å². The number of H-pyrrole nitrogens is 1. The molecule has 2 fully saturated rings. The third-order valence-corrected chi connectivity index (χ3v) is 6.46. The SMILES string of the molecule is FC1(F)CCCCC1.N/C(=C\N(N)CC1CC1)C(=O)NCc1nc2ccc(CNC(=O)CCC(F)(F)F)cc2[nH]1. The number of hydrogen-bond acceptors (Lipinski definition) is 6. The Bertz CT molecular complexity index is 1170. The van der Waals surface area contributed by atoms with Gasteiger partial charge in [0, 0.05) is 38.6 Å². The fourth-order valence-corrected chi connectivity index (χ4v) is 4.07. The number of halogens is 5. The molecular weight excluding hydrogens is 537 g/mol. The molecule has 1 aromatic heterocycles. The maximum atomic E-state index is 12.2. The molecule has 40 heavy (non-hydrogen) atoms. The van der Waals surface area contributed by atoms with Crippen molar-refractivity contribution in [2.24, 2.45) is 17.5 Å². The Balaban J connectivity index is 0.000000472. The van der Waals surface area contributed by atoms with Crippen LogP contribution in [0.3, 0.4) is 0 Å². The first-order chi connectivity index (χ1) is 18.8. The van der Waals surface area contributed by atoms with Gasteiger partial charge in [0.2, 0.25) is 11.8 Å². The lowest BCUT2D eigenvalue weighted by Crippen LogP contribution is -2.33. The molecule has 7 N–H and O–H groups in total. The van der Waals surface area contributed by atoms with Crippen LogP contribution in [-0.4, -0.2) is 45.4 Å². The lowest BCUT2D eigenvalue weighted by molar-refractivity contribution is -0.144. The molecule has 0 bridgehead atoms. The highest BCUT2D eigenvalue weighted by molar-refractivity contribution is 5.92. The highest BCUT2D eigenvalue weighted by Crippen LogP contribution is 2.32. The summed E-state index contributed by atoms with van der Waals surface area (Å²) in [5, 5.41) is 6.53. The molecule has 0 aliphatic heterocycles. The lowest BCUT2D eigenvalue weighted by Gasteiger charge is -2.20. The molecule has 2 amide bonds. The van der Waals surface area contributed by atoms with E-state index >= 15 is 0 Å². The summed E-state index contributed by atoms with van der Waals surface area (Å²) in [6, 6.07) is 5.16. The molecule has 9 nitrogen and oxygen atoms in total. The van der Waals surface area contributed by atoms with Gasteiger partial charge >= 0.3 is 6.18 Å². The number of aromatic amines is 1. The van der Waals surface area contributed by atoms with E-state index in [1.165, 1.54) is 11.2 Å². The number of rotatable bonds is 10. The number of carbonyl (C=O) groups is 2. The predicted molar refractivity (Wildman–Crippen MR) is 139 cm³/mol. The van der Waals surface area contributed by atoms with Gasteiger partial charge in [0.25, 0.3) is 5.91 Å². The Labute approximate surface area is 228 Å². The Hall–Kier alpha value is -3.42. The van der Waals surface area contributed by atoms with Gasteiger partial charge in [0.15, 0.2) is 0 Å². The van der Waals surface area contributed by atoms with Crippen LogP contribution in [-0.2, 0) is 22.7 Å². The van der Waals surface area contributed by atoms with Crippen molar-refractivity contribution in [1.82, 2.24) is 25.6 Å². The van der Waals surface area contributed by atoms with E-state index in [1.54, 1.807) is 18.2 Å². The van der Waals surface area contributed by atoms with E-state index < -0.39 is 36.8 Å². The van der Waals surface area contributed by atoms with E-state index in [0.717, 1.165) is 19.3 Å². The molecule has 1 aromatic carbocycles.